The van der Waals surface area contributed by atoms with E-state index in [1.54, 1.807) is 0 Å². The first-order valence-corrected chi connectivity index (χ1v) is 19.1. The maximum atomic E-state index is 6.70. The minimum Gasteiger partial charge on any atom is -0.455 e. The molecule has 0 atom stereocenters. The molecule has 0 amide bonds. The van der Waals surface area contributed by atoms with Crippen LogP contribution in [0, 0.1) is 0 Å². The molecule has 12 aromatic rings. The Morgan fingerprint density at radius 3 is 1.86 bits per heavy atom. The zero-order valence-electron chi connectivity index (χ0n) is 30.6. The van der Waals surface area contributed by atoms with Gasteiger partial charge in [-0.2, -0.15) is 0 Å². The number of furan rings is 2. The molecule has 0 aliphatic carbocycles. The Bertz CT molecular complexity index is 3520. The van der Waals surface area contributed by atoms with Gasteiger partial charge in [-0.05, 0) is 77.4 Å². The predicted octanol–water partition coefficient (Wildman–Crippen LogP) is 14.0. The zero-order chi connectivity index (χ0) is 37.5. The Kier molecular flexibility index (Phi) is 6.86. The maximum Gasteiger partial charge on any atom is 0.162 e. The Labute approximate surface area is 326 Å². The average molecular weight is 730 g/mol. The molecule has 0 spiro atoms. The van der Waals surface area contributed by atoms with Crippen LogP contribution in [0.3, 0.4) is 0 Å². The van der Waals surface area contributed by atoms with E-state index in [4.69, 9.17) is 18.8 Å². The molecule has 0 radical (unpaired) electrons. The molecule has 4 heterocycles. The van der Waals surface area contributed by atoms with Crippen molar-refractivity contribution >= 4 is 65.8 Å². The molecule has 0 bridgehead atoms. The van der Waals surface area contributed by atoms with Crippen LogP contribution in [0.15, 0.2) is 197 Å². The fourth-order valence-electron chi connectivity index (χ4n) is 8.56. The molecular weight excluding hydrogens is 699 g/mol. The van der Waals surface area contributed by atoms with Gasteiger partial charge in [0.05, 0.1) is 16.6 Å². The van der Waals surface area contributed by atoms with E-state index >= 15 is 0 Å². The Hall–Kier alpha value is -7.76. The second-order valence-corrected chi connectivity index (χ2v) is 14.5. The van der Waals surface area contributed by atoms with Gasteiger partial charge in [0, 0.05) is 49.3 Å². The Morgan fingerprint density at radius 2 is 1.02 bits per heavy atom. The minimum absolute atomic E-state index is 0.774. The molecule has 0 saturated carbocycles. The fraction of sp³-hybridized carbons (Fsp3) is 0. The number of nitrogens with zero attached hydrogens (tertiary/aromatic N) is 3. The highest BCUT2D eigenvalue weighted by molar-refractivity contribution is 6.21. The highest BCUT2D eigenvalue weighted by atomic mass is 16.3. The van der Waals surface area contributed by atoms with E-state index in [9.17, 15) is 0 Å². The van der Waals surface area contributed by atoms with Crippen LogP contribution in [0.1, 0.15) is 0 Å². The van der Waals surface area contributed by atoms with E-state index in [0.29, 0.717) is 0 Å². The summed E-state index contributed by atoms with van der Waals surface area (Å²) in [6.45, 7) is 0. The second-order valence-electron chi connectivity index (χ2n) is 14.5. The molecule has 0 fully saturated rings. The molecule has 0 aliphatic rings. The third kappa shape index (κ3) is 4.96. The van der Waals surface area contributed by atoms with Crippen LogP contribution in [0.25, 0.3) is 116 Å². The molecule has 4 aromatic heterocycles. The van der Waals surface area contributed by atoms with Crippen molar-refractivity contribution in [2.24, 2.45) is 0 Å². The van der Waals surface area contributed by atoms with Crippen LogP contribution < -0.4 is 0 Å². The summed E-state index contributed by atoms with van der Waals surface area (Å²) in [6, 6.07) is 65.4. The van der Waals surface area contributed by atoms with E-state index < -0.39 is 0 Å². The average Bonchev–Trinajstić information content (AvgIpc) is 3.98. The quantitative estimate of drug-likeness (QED) is 0.177. The molecule has 0 saturated heterocycles. The van der Waals surface area contributed by atoms with Crippen molar-refractivity contribution in [1.29, 1.82) is 0 Å². The maximum absolute atomic E-state index is 6.70. The van der Waals surface area contributed by atoms with Gasteiger partial charge >= 0.3 is 0 Å². The SMILES string of the molecule is c1ccc(-c2nc3ccccc3n2-c2ccc(-c3cc(-c4cccc5c4oc4ccccc45)cc(-c4nc5ccccc5c5c4oc4ccccc45)c3)cc2)cc1. The molecule has 266 valence electrons. The van der Waals surface area contributed by atoms with Crippen LogP contribution >= 0.6 is 0 Å². The molecule has 12 rings (SSSR count). The molecular formula is C52H31N3O2. The lowest BCUT2D eigenvalue weighted by Gasteiger charge is -2.14. The Balaban J connectivity index is 1.09. The third-order valence-electron chi connectivity index (χ3n) is 11.2. The predicted molar refractivity (Wildman–Crippen MR) is 233 cm³/mol. The van der Waals surface area contributed by atoms with Gasteiger partial charge in [-0.15, -0.1) is 0 Å². The second kappa shape index (κ2) is 12.4. The van der Waals surface area contributed by atoms with Crippen molar-refractivity contribution in [2.75, 3.05) is 0 Å². The van der Waals surface area contributed by atoms with Gasteiger partial charge in [-0.1, -0.05) is 127 Å². The summed E-state index contributed by atoms with van der Waals surface area (Å²) in [6.07, 6.45) is 0. The summed E-state index contributed by atoms with van der Waals surface area (Å²) in [7, 11) is 0. The van der Waals surface area contributed by atoms with E-state index in [0.717, 1.165) is 116 Å². The van der Waals surface area contributed by atoms with E-state index in [2.05, 4.69) is 150 Å². The first-order valence-electron chi connectivity index (χ1n) is 19.1. The number of imidazole rings is 1. The number of pyridine rings is 1. The van der Waals surface area contributed by atoms with Crippen molar-refractivity contribution < 1.29 is 8.83 Å². The van der Waals surface area contributed by atoms with Gasteiger partial charge in [0.2, 0.25) is 0 Å². The Morgan fingerprint density at radius 1 is 0.386 bits per heavy atom. The molecule has 5 nitrogen and oxygen atoms in total. The molecule has 57 heavy (non-hydrogen) atoms. The van der Waals surface area contributed by atoms with Crippen molar-refractivity contribution in [3.63, 3.8) is 0 Å². The number of hydrogen-bond acceptors (Lipinski definition) is 4. The summed E-state index contributed by atoms with van der Waals surface area (Å²) in [4.78, 5) is 10.4. The third-order valence-corrected chi connectivity index (χ3v) is 11.2. The number of rotatable bonds is 5. The van der Waals surface area contributed by atoms with Crippen molar-refractivity contribution in [3.8, 4) is 50.6 Å². The summed E-state index contributed by atoms with van der Waals surface area (Å²) in [5.41, 5.74) is 14.3. The van der Waals surface area contributed by atoms with E-state index in [1.807, 2.05) is 42.5 Å². The summed E-state index contributed by atoms with van der Waals surface area (Å²) < 4.78 is 15.5. The van der Waals surface area contributed by atoms with Gasteiger partial charge in [0.1, 0.15) is 28.3 Å². The number of fused-ring (bicyclic) bond motifs is 9. The van der Waals surface area contributed by atoms with Gasteiger partial charge in [-0.3, -0.25) is 4.57 Å². The van der Waals surface area contributed by atoms with Crippen molar-refractivity contribution in [1.82, 2.24) is 14.5 Å². The highest BCUT2D eigenvalue weighted by Gasteiger charge is 2.21. The first kappa shape index (κ1) is 31.6. The summed E-state index contributed by atoms with van der Waals surface area (Å²) in [5.74, 6) is 0.907. The molecule has 0 aliphatic heterocycles. The summed E-state index contributed by atoms with van der Waals surface area (Å²) in [5, 5.41) is 5.41. The standard InChI is InChI=1S/C52H31N3O2/c1-2-13-33(14-3-1)52-54-44-21-8-9-22-45(44)55(52)37-27-25-32(26-28-37)34-29-35(38-18-12-19-40-39-15-5-10-23-46(39)56-50(38)40)31-36(30-34)49-51-48(41-16-4-7-20-43(41)53-49)42-17-6-11-24-47(42)57-51/h1-31H. The smallest absolute Gasteiger partial charge is 0.162 e. The van der Waals surface area contributed by atoms with Crippen LogP contribution in [0.4, 0.5) is 0 Å². The molecule has 8 aromatic carbocycles. The lowest BCUT2D eigenvalue weighted by atomic mass is 9.93. The number of hydrogen-bond donors (Lipinski definition) is 0. The monoisotopic (exact) mass is 729 g/mol. The van der Waals surface area contributed by atoms with Crippen molar-refractivity contribution in [3.05, 3.63) is 188 Å². The zero-order valence-corrected chi connectivity index (χ0v) is 30.6. The van der Waals surface area contributed by atoms with Crippen molar-refractivity contribution in [2.45, 2.75) is 0 Å². The lowest BCUT2D eigenvalue weighted by Crippen LogP contribution is -1.97. The van der Waals surface area contributed by atoms with E-state index in [1.165, 1.54) is 0 Å². The van der Waals surface area contributed by atoms with E-state index in [-0.39, 0.29) is 0 Å². The normalized spacial score (nSPS) is 11.9. The van der Waals surface area contributed by atoms with Crippen LogP contribution in [-0.4, -0.2) is 14.5 Å². The molecule has 5 heteroatoms. The highest BCUT2D eigenvalue weighted by Crippen LogP contribution is 2.43. The number of benzene rings is 8. The minimum atomic E-state index is 0.774. The first-order chi connectivity index (χ1) is 28.2. The molecule has 0 N–H and O–H groups in total. The topological polar surface area (TPSA) is 57.0 Å². The fourth-order valence-corrected chi connectivity index (χ4v) is 8.56. The lowest BCUT2D eigenvalue weighted by molar-refractivity contribution is 0.668. The summed E-state index contributed by atoms with van der Waals surface area (Å²) >= 11 is 0. The number of para-hydroxylation sites is 6. The largest absolute Gasteiger partial charge is 0.455 e. The van der Waals surface area contributed by atoms with Crippen LogP contribution in [0.2, 0.25) is 0 Å². The van der Waals surface area contributed by atoms with Crippen LogP contribution in [-0.2, 0) is 0 Å². The van der Waals surface area contributed by atoms with Gasteiger partial charge < -0.3 is 8.83 Å². The number of aromatic nitrogens is 3. The van der Waals surface area contributed by atoms with Gasteiger partial charge in [-0.25, -0.2) is 9.97 Å². The van der Waals surface area contributed by atoms with Gasteiger partial charge in [0.15, 0.2) is 5.58 Å². The molecule has 0 unspecified atom stereocenters. The van der Waals surface area contributed by atoms with Gasteiger partial charge in [0.25, 0.3) is 0 Å². The van der Waals surface area contributed by atoms with Crippen LogP contribution in [0.5, 0.6) is 0 Å².